The Hall–Kier alpha value is -2.57. The highest BCUT2D eigenvalue weighted by Crippen LogP contribution is 2.27. The van der Waals surface area contributed by atoms with Crippen LogP contribution in [0.1, 0.15) is 245 Å². The molecule has 0 aromatic rings. The maximum absolute atomic E-state index is 13.1. The number of hydrogen-bond donors (Lipinski definition) is 7. The maximum atomic E-state index is 13.1. The van der Waals surface area contributed by atoms with Gasteiger partial charge in [0.25, 0.3) is 0 Å². The number of allylic oxidation sites excluding steroid dienone is 12. The molecule has 0 aliphatic carbocycles. The number of esters is 1. The van der Waals surface area contributed by atoms with Gasteiger partial charge in [0.05, 0.1) is 26.4 Å². The van der Waals surface area contributed by atoms with Crippen LogP contribution in [0.4, 0.5) is 0 Å². The van der Waals surface area contributed by atoms with Crippen LogP contribution in [-0.2, 0) is 33.2 Å². The molecule has 0 bridgehead atoms. The van der Waals surface area contributed by atoms with Crippen molar-refractivity contribution in [2.24, 2.45) is 0 Å². The summed E-state index contributed by atoms with van der Waals surface area (Å²) >= 11 is 0. The topological polar surface area (TPSA) is 214 Å². The SMILES string of the molecule is CCCCCCC/C=C\C/C=C\C/C=C\CCCCCCCCCCCOCC(COC1OC(COC2OC(CO)C(O)C(O)C2O)C(O)C(O)C1O)OC(=O)CCCCCCCCCC/C=C\C/C=C\C/C=C\CCCCCCC. The summed E-state index contributed by atoms with van der Waals surface area (Å²) in [6.45, 7) is 3.66. The fourth-order valence-electron chi connectivity index (χ4n) is 9.95. The van der Waals surface area contributed by atoms with Crippen molar-refractivity contribution in [2.45, 2.75) is 313 Å². The van der Waals surface area contributed by atoms with E-state index in [1.807, 2.05) is 0 Å². The summed E-state index contributed by atoms with van der Waals surface area (Å²) in [6, 6.07) is 0. The van der Waals surface area contributed by atoms with Crippen LogP contribution in [0.5, 0.6) is 0 Å². The molecule has 0 radical (unpaired) electrons. The van der Waals surface area contributed by atoms with Crippen LogP contribution in [0.2, 0.25) is 0 Å². The van der Waals surface area contributed by atoms with Gasteiger partial charge in [-0.3, -0.25) is 4.79 Å². The number of hydrogen-bond acceptors (Lipinski definition) is 14. The van der Waals surface area contributed by atoms with E-state index in [9.17, 15) is 40.5 Å². The summed E-state index contributed by atoms with van der Waals surface area (Å²) in [4.78, 5) is 13.1. The van der Waals surface area contributed by atoms with Gasteiger partial charge in [0, 0.05) is 13.0 Å². The Morgan fingerprint density at radius 1 is 0.407 bits per heavy atom. The Balaban J connectivity index is 1.69. The smallest absolute Gasteiger partial charge is 0.306 e. The normalized spacial score (nSPS) is 24.2. The fraction of sp³-hybridized carbons (Fsp3) is 0.806. The molecule has 7 N–H and O–H groups in total. The Labute approximate surface area is 491 Å². The van der Waals surface area contributed by atoms with Gasteiger partial charge < -0.3 is 64.2 Å². The molecule has 2 saturated heterocycles. The monoisotopic (exact) mass is 1150 g/mol. The van der Waals surface area contributed by atoms with E-state index in [2.05, 4.69) is 86.8 Å². The molecule has 470 valence electrons. The standard InChI is InChI=1S/C67H118O14/c1-3-5-7-9-11-13-15-17-19-21-23-25-27-29-31-33-35-37-39-41-43-45-47-49-51-76-53-56(54-77-66-65(75)63(73)61(71)58(81-66)55-78-67-64(74)62(72)60(70)57(52-68)80-67)79-59(69)50-48-46-44-42-40-38-36-34-32-30-28-26-24-22-20-18-16-14-12-10-8-6-4-2/h15-18,21-24,27-30,56-58,60-68,70-75H,3-14,19-20,25-26,31-55H2,1-2H3/b17-15-,18-16-,23-21-,24-22-,29-27-,30-28-. The minimum Gasteiger partial charge on any atom is -0.457 e. The maximum Gasteiger partial charge on any atom is 0.306 e. The molecule has 0 saturated carbocycles. The molecule has 11 atom stereocenters. The largest absolute Gasteiger partial charge is 0.457 e. The third-order valence-electron chi connectivity index (χ3n) is 15.2. The lowest BCUT2D eigenvalue weighted by molar-refractivity contribution is -0.332. The first kappa shape index (κ1) is 74.5. The number of ether oxygens (including phenoxy) is 6. The predicted molar refractivity (Wildman–Crippen MR) is 325 cm³/mol. The van der Waals surface area contributed by atoms with Gasteiger partial charge in [-0.15, -0.1) is 0 Å². The van der Waals surface area contributed by atoms with Crippen molar-refractivity contribution in [3.8, 4) is 0 Å². The molecular formula is C67H118O14. The number of aliphatic hydroxyl groups excluding tert-OH is 7. The Morgan fingerprint density at radius 3 is 1.20 bits per heavy atom. The number of unbranched alkanes of at least 4 members (excludes halogenated alkanes) is 27. The summed E-state index contributed by atoms with van der Waals surface area (Å²) in [5, 5.41) is 72.5. The van der Waals surface area contributed by atoms with E-state index in [1.54, 1.807) is 0 Å². The van der Waals surface area contributed by atoms with Gasteiger partial charge in [-0.25, -0.2) is 0 Å². The van der Waals surface area contributed by atoms with E-state index in [0.29, 0.717) is 13.0 Å². The van der Waals surface area contributed by atoms with Gasteiger partial charge >= 0.3 is 5.97 Å². The number of rotatable bonds is 53. The van der Waals surface area contributed by atoms with Gasteiger partial charge in [-0.1, -0.05) is 222 Å². The van der Waals surface area contributed by atoms with Gasteiger partial charge in [-0.2, -0.15) is 0 Å². The van der Waals surface area contributed by atoms with Crippen molar-refractivity contribution in [2.75, 3.05) is 33.0 Å². The molecule has 0 aromatic heterocycles. The second-order valence-electron chi connectivity index (χ2n) is 22.6. The molecule has 0 aromatic carbocycles. The van der Waals surface area contributed by atoms with Gasteiger partial charge in [0.1, 0.15) is 54.9 Å². The molecule has 14 heteroatoms. The van der Waals surface area contributed by atoms with Crippen LogP contribution in [-0.4, -0.2) is 142 Å². The van der Waals surface area contributed by atoms with Gasteiger partial charge in [-0.05, 0) is 89.9 Å². The number of aliphatic hydroxyl groups is 7. The fourth-order valence-corrected chi connectivity index (χ4v) is 9.95. The lowest BCUT2D eigenvalue weighted by Gasteiger charge is -2.42. The third-order valence-corrected chi connectivity index (χ3v) is 15.2. The van der Waals surface area contributed by atoms with E-state index in [-0.39, 0.29) is 25.6 Å². The zero-order valence-corrected chi connectivity index (χ0v) is 50.8. The highest BCUT2D eigenvalue weighted by molar-refractivity contribution is 5.69. The Kier molecular flexibility index (Phi) is 48.7. The first-order valence-corrected chi connectivity index (χ1v) is 32.5. The van der Waals surface area contributed by atoms with E-state index >= 15 is 0 Å². The number of carbonyl (C=O) groups is 1. The van der Waals surface area contributed by atoms with Crippen LogP contribution >= 0.6 is 0 Å². The molecule has 0 spiro atoms. The second kappa shape index (κ2) is 52.9. The first-order chi connectivity index (χ1) is 39.6. The molecule has 2 rings (SSSR count). The van der Waals surface area contributed by atoms with Crippen molar-refractivity contribution in [3.05, 3.63) is 72.9 Å². The van der Waals surface area contributed by atoms with E-state index in [4.69, 9.17) is 28.4 Å². The van der Waals surface area contributed by atoms with E-state index in [0.717, 1.165) is 77.0 Å². The minimum atomic E-state index is -1.71. The highest BCUT2D eigenvalue weighted by Gasteiger charge is 2.47. The van der Waals surface area contributed by atoms with Gasteiger partial charge in [0.2, 0.25) is 0 Å². The first-order valence-electron chi connectivity index (χ1n) is 32.5. The third kappa shape index (κ3) is 38.9. The van der Waals surface area contributed by atoms with Crippen molar-refractivity contribution in [1.82, 2.24) is 0 Å². The van der Waals surface area contributed by atoms with E-state index < -0.39 is 80.7 Å². The molecule has 2 aliphatic rings. The molecule has 2 fully saturated rings. The number of carbonyl (C=O) groups excluding carboxylic acids is 1. The average molecular weight is 1150 g/mol. The van der Waals surface area contributed by atoms with Crippen LogP contribution in [0.15, 0.2) is 72.9 Å². The molecule has 2 heterocycles. The predicted octanol–water partition coefficient (Wildman–Crippen LogP) is 13.0. The average Bonchev–Trinajstić information content (AvgIpc) is 3.46. The quantitative estimate of drug-likeness (QED) is 0.0172. The molecule has 0 amide bonds. The molecule has 14 nitrogen and oxygen atoms in total. The minimum absolute atomic E-state index is 0.0519. The molecule has 2 aliphatic heterocycles. The molecule has 81 heavy (non-hydrogen) atoms. The van der Waals surface area contributed by atoms with Crippen molar-refractivity contribution < 1.29 is 69.0 Å². The summed E-state index contributed by atoms with van der Waals surface area (Å²) in [7, 11) is 0. The van der Waals surface area contributed by atoms with Crippen molar-refractivity contribution in [1.29, 1.82) is 0 Å². The zero-order valence-electron chi connectivity index (χ0n) is 50.8. The summed E-state index contributed by atoms with van der Waals surface area (Å²) in [5.74, 6) is -0.385. The lowest BCUT2D eigenvalue weighted by Crippen LogP contribution is -2.61. The van der Waals surface area contributed by atoms with Crippen LogP contribution in [0, 0.1) is 0 Å². The van der Waals surface area contributed by atoms with Crippen molar-refractivity contribution in [3.63, 3.8) is 0 Å². The molecular weight excluding hydrogens is 1030 g/mol. The van der Waals surface area contributed by atoms with Crippen LogP contribution in [0.3, 0.4) is 0 Å². The van der Waals surface area contributed by atoms with E-state index in [1.165, 1.54) is 141 Å². The highest BCUT2D eigenvalue weighted by atomic mass is 16.7. The van der Waals surface area contributed by atoms with Crippen LogP contribution in [0.25, 0.3) is 0 Å². The Bertz CT molecular complexity index is 1610. The summed E-state index contributed by atoms with van der Waals surface area (Å²) in [6.07, 6.45) is 52.4. The lowest BCUT2D eigenvalue weighted by atomic mass is 9.98. The van der Waals surface area contributed by atoms with Crippen molar-refractivity contribution >= 4 is 5.97 Å². The van der Waals surface area contributed by atoms with Crippen LogP contribution < -0.4 is 0 Å². The van der Waals surface area contributed by atoms with Gasteiger partial charge in [0.15, 0.2) is 12.6 Å². The Morgan fingerprint density at radius 2 is 0.765 bits per heavy atom. The molecule has 11 unspecified atom stereocenters. The zero-order chi connectivity index (χ0) is 58.6. The summed E-state index contributed by atoms with van der Waals surface area (Å²) < 4.78 is 34.5. The second-order valence-corrected chi connectivity index (χ2v) is 22.6. The summed E-state index contributed by atoms with van der Waals surface area (Å²) in [5.41, 5.74) is 0.